The van der Waals surface area contributed by atoms with E-state index in [0.29, 0.717) is 0 Å². The fourth-order valence-corrected chi connectivity index (χ4v) is 3.30. The van der Waals surface area contributed by atoms with Crippen LogP contribution in [-0.4, -0.2) is 20.7 Å². The van der Waals surface area contributed by atoms with Crippen LogP contribution in [0.3, 0.4) is 0 Å². The number of aromatic nitrogens is 3. The number of thiophene rings is 1. The topological polar surface area (TPSA) is 59.8 Å². The molecule has 0 unspecified atom stereocenters. The van der Waals surface area contributed by atoms with Crippen molar-refractivity contribution in [2.75, 3.05) is 0 Å². The lowest BCUT2D eigenvalue weighted by molar-refractivity contribution is -0.117. The average Bonchev–Trinajstić information content (AvgIpc) is 3.11. The van der Waals surface area contributed by atoms with E-state index in [2.05, 4.69) is 27.0 Å². The zero-order valence-corrected chi connectivity index (χ0v) is 13.0. The van der Waals surface area contributed by atoms with Crippen LogP contribution in [0.4, 0.5) is 0 Å². The molecule has 21 heavy (non-hydrogen) atoms. The molecule has 0 fully saturated rings. The van der Waals surface area contributed by atoms with E-state index in [4.69, 9.17) is 0 Å². The summed E-state index contributed by atoms with van der Waals surface area (Å²) < 4.78 is 2.11. The number of amides is 1. The van der Waals surface area contributed by atoms with Gasteiger partial charge < -0.3 is 9.88 Å². The summed E-state index contributed by atoms with van der Waals surface area (Å²) in [6, 6.07) is 3.93. The van der Waals surface area contributed by atoms with E-state index in [1.807, 2.05) is 25.1 Å². The highest BCUT2D eigenvalue weighted by atomic mass is 32.1. The van der Waals surface area contributed by atoms with E-state index in [9.17, 15) is 4.79 Å². The number of hydrogen-bond acceptors (Lipinski definition) is 4. The van der Waals surface area contributed by atoms with Gasteiger partial charge in [-0.2, -0.15) is 0 Å². The zero-order chi connectivity index (χ0) is 14.8. The third-order valence-corrected chi connectivity index (χ3v) is 4.51. The van der Waals surface area contributed by atoms with Gasteiger partial charge in [-0.25, -0.2) is 0 Å². The van der Waals surface area contributed by atoms with Crippen LogP contribution in [0.5, 0.6) is 0 Å². The third kappa shape index (κ3) is 3.05. The van der Waals surface area contributed by atoms with Crippen molar-refractivity contribution < 1.29 is 4.79 Å². The molecule has 1 aliphatic rings. The summed E-state index contributed by atoms with van der Waals surface area (Å²) in [5.74, 6) is 1.76. The summed E-state index contributed by atoms with van der Waals surface area (Å²) in [5, 5.41) is 11.3. The van der Waals surface area contributed by atoms with Crippen LogP contribution in [-0.2, 0) is 17.8 Å². The molecule has 6 heteroatoms. The average molecular weight is 302 g/mol. The summed E-state index contributed by atoms with van der Waals surface area (Å²) in [4.78, 5) is 14.3. The number of carbonyl (C=O) groups excluding carboxylic acids is 1. The Morgan fingerprint density at radius 3 is 3.10 bits per heavy atom. The summed E-state index contributed by atoms with van der Waals surface area (Å²) in [7, 11) is 0. The van der Waals surface area contributed by atoms with Crippen molar-refractivity contribution in [2.24, 2.45) is 0 Å². The predicted molar refractivity (Wildman–Crippen MR) is 83.0 cm³/mol. The van der Waals surface area contributed by atoms with Gasteiger partial charge in [-0.1, -0.05) is 0 Å². The maximum atomic E-state index is 12.0. The summed E-state index contributed by atoms with van der Waals surface area (Å²) in [6.07, 6.45) is 5.50. The Labute approximate surface area is 127 Å². The second kappa shape index (κ2) is 5.81. The maximum Gasteiger partial charge on any atom is 0.244 e. The van der Waals surface area contributed by atoms with Crippen LogP contribution in [0.15, 0.2) is 18.2 Å². The minimum Gasteiger partial charge on any atom is -0.343 e. The molecule has 2 aromatic heterocycles. The third-order valence-electron chi connectivity index (χ3n) is 3.54. The minimum absolute atomic E-state index is 0.107. The van der Waals surface area contributed by atoms with Gasteiger partial charge in [0.05, 0.1) is 6.04 Å². The molecule has 5 nitrogen and oxygen atoms in total. The van der Waals surface area contributed by atoms with Gasteiger partial charge in [-0.3, -0.25) is 4.79 Å². The first-order valence-electron chi connectivity index (χ1n) is 7.10. The van der Waals surface area contributed by atoms with Gasteiger partial charge in [-0.05, 0) is 38.5 Å². The van der Waals surface area contributed by atoms with E-state index >= 15 is 0 Å². The maximum absolute atomic E-state index is 12.0. The number of nitrogens with one attached hydrogen (secondary N) is 1. The molecule has 110 valence electrons. The van der Waals surface area contributed by atoms with Crippen LogP contribution < -0.4 is 5.32 Å². The number of hydrogen-bond donors (Lipinski definition) is 1. The molecule has 0 saturated heterocycles. The molecule has 0 radical (unpaired) electrons. The minimum atomic E-state index is -0.133. The first-order chi connectivity index (χ1) is 10.1. The number of carbonyl (C=O) groups is 1. The van der Waals surface area contributed by atoms with Crippen molar-refractivity contribution in [2.45, 2.75) is 39.3 Å². The second-order valence-corrected chi connectivity index (χ2v) is 6.56. The Balaban J connectivity index is 1.63. The molecule has 0 aliphatic carbocycles. The molecule has 0 saturated carbocycles. The van der Waals surface area contributed by atoms with Crippen molar-refractivity contribution in [3.63, 3.8) is 0 Å². The van der Waals surface area contributed by atoms with E-state index < -0.39 is 0 Å². The second-order valence-electron chi connectivity index (χ2n) is 5.24. The van der Waals surface area contributed by atoms with Crippen molar-refractivity contribution in [3.05, 3.63) is 39.6 Å². The molecule has 0 spiro atoms. The molecular formula is C15H18N4OS. The first-order valence-corrected chi connectivity index (χ1v) is 7.92. The zero-order valence-electron chi connectivity index (χ0n) is 12.2. The summed E-state index contributed by atoms with van der Waals surface area (Å²) in [6.45, 7) is 4.94. The number of aryl methyl sites for hydroxylation is 2. The normalized spacial score (nSPS) is 15.3. The molecule has 3 rings (SSSR count). The van der Waals surface area contributed by atoms with Crippen LogP contribution >= 0.6 is 11.3 Å². The van der Waals surface area contributed by atoms with Crippen molar-refractivity contribution >= 4 is 23.3 Å². The highest BCUT2D eigenvalue weighted by molar-refractivity contribution is 7.12. The Bertz CT molecular complexity index is 686. The molecule has 0 aromatic carbocycles. The van der Waals surface area contributed by atoms with Gasteiger partial charge in [0.15, 0.2) is 5.82 Å². The lowest BCUT2D eigenvalue weighted by atomic mass is 10.3. The highest BCUT2D eigenvalue weighted by Gasteiger charge is 2.21. The van der Waals surface area contributed by atoms with Crippen LogP contribution in [0.1, 0.15) is 40.8 Å². The quantitative estimate of drug-likeness (QED) is 0.883. The predicted octanol–water partition coefficient (Wildman–Crippen LogP) is 2.48. The van der Waals surface area contributed by atoms with Gasteiger partial charge in [0.2, 0.25) is 5.91 Å². The monoisotopic (exact) mass is 302 g/mol. The Hall–Kier alpha value is -1.95. The Kier molecular flexibility index (Phi) is 3.88. The molecule has 1 amide bonds. The van der Waals surface area contributed by atoms with Gasteiger partial charge >= 0.3 is 0 Å². The van der Waals surface area contributed by atoms with Crippen molar-refractivity contribution in [3.8, 4) is 0 Å². The Morgan fingerprint density at radius 1 is 1.48 bits per heavy atom. The van der Waals surface area contributed by atoms with E-state index in [-0.39, 0.29) is 11.9 Å². The summed E-state index contributed by atoms with van der Waals surface area (Å²) in [5.41, 5.74) is 0. The molecule has 1 atom stereocenters. The smallest absolute Gasteiger partial charge is 0.244 e. The molecule has 2 aromatic rings. The molecule has 1 N–H and O–H groups in total. The first kappa shape index (κ1) is 14.0. The molecular weight excluding hydrogens is 284 g/mol. The largest absolute Gasteiger partial charge is 0.343 e. The lowest BCUT2D eigenvalue weighted by Crippen LogP contribution is -2.27. The fourth-order valence-electron chi connectivity index (χ4n) is 2.52. The van der Waals surface area contributed by atoms with E-state index in [1.165, 1.54) is 4.88 Å². The molecule has 3 heterocycles. The van der Waals surface area contributed by atoms with E-state index in [0.717, 1.165) is 35.9 Å². The van der Waals surface area contributed by atoms with Gasteiger partial charge in [0.25, 0.3) is 0 Å². The van der Waals surface area contributed by atoms with Crippen LogP contribution in [0.25, 0.3) is 6.08 Å². The van der Waals surface area contributed by atoms with Gasteiger partial charge in [0.1, 0.15) is 5.82 Å². The summed E-state index contributed by atoms with van der Waals surface area (Å²) >= 11 is 1.67. The molecule has 0 bridgehead atoms. The number of rotatable bonds is 4. The number of fused-ring (bicyclic) bond motifs is 1. The SMILES string of the molecule is Cc1ccc(/C=C/C(=O)N[C@@H](C)c2nnc3n2CCC3)s1. The lowest BCUT2D eigenvalue weighted by Gasteiger charge is -2.12. The van der Waals surface area contributed by atoms with Crippen molar-refractivity contribution in [1.82, 2.24) is 20.1 Å². The Morgan fingerprint density at radius 2 is 2.33 bits per heavy atom. The van der Waals surface area contributed by atoms with Crippen molar-refractivity contribution in [1.29, 1.82) is 0 Å². The van der Waals surface area contributed by atoms with Gasteiger partial charge in [0, 0.05) is 28.8 Å². The van der Waals surface area contributed by atoms with E-state index in [1.54, 1.807) is 17.4 Å². The standard InChI is InChI=1S/C15H18N4OS/c1-10-5-6-12(21-10)7-8-14(20)16-11(2)15-18-17-13-4-3-9-19(13)15/h5-8,11H,3-4,9H2,1-2H3,(H,16,20)/b8-7+/t11-/m0/s1. The van der Waals surface area contributed by atoms with Crippen LogP contribution in [0, 0.1) is 6.92 Å². The molecule has 1 aliphatic heterocycles. The van der Waals surface area contributed by atoms with Gasteiger partial charge in [-0.15, -0.1) is 21.5 Å². The number of nitrogens with zero attached hydrogens (tertiary/aromatic N) is 3. The highest BCUT2D eigenvalue weighted by Crippen LogP contribution is 2.19. The van der Waals surface area contributed by atoms with Crippen LogP contribution in [0.2, 0.25) is 0 Å². The fraction of sp³-hybridized carbons (Fsp3) is 0.400.